The molecule has 0 aliphatic heterocycles. The quantitative estimate of drug-likeness (QED) is 0.889. The minimum atomic E-state index is 0.753. The molecule has 0 saturated heterocycles. The van der Waals surface area contributed by atoms with Gasteiger partial charge in [0.05, 0.1) is 7.11 Å². The van der Waals surface area contributed by atoms with Crippen LogP contribution in [0.4, 0.5) is 5.69 Å². The van der Waals surface area contributed by atoms with Crippen LogP contribution in [0.3, 0.4) is 0 Å². The van der Waals surface area contributed by atoms with E-state index in [2.05, 4.69) is 11.4 Å². The van der Waals surface area contributed by atoms with E-state index in [0.717, 1.165) is 22.3 Å². The molecule has 2 rings (SSSR count). The minimum absolute atomic E-state index is 0.753. The number of rotatable bonds is 4. The van der Waals surface area contributed by atoms with Crippen LogP contribution in [0.5, 0.6) is 5.06 Å². The molecule has 2 aromatic rings. The second-order valence-corrected chi connectivity index (χ2v) is 4.85. The van der Waals surface area contributed by atoms with Gasteiger partial charge < -0.3 is 10.1 Å². The van der Waals surface area contributed by atoms with Gasteiger partial charge in [0.1, 0.15) is 0 Å². The average molecular weight is 254 g/mol. The van der Waals surface area contributed by atoms with Crippen LogP contribution in [0.1, 0.15) is 4.88 Å². The largest absolute Gasteiger partial charge is 0.487 e. The van der Waals surface area contributed by atoms with Crippen molar-refractivity contribution in [1.29, 1.82) is 0 Å². The molecule has 0 atom stereocenters. The van der Waals surface area contributed by atoms with Gasteiger partial charge in [-0.25, -0.2) is 0 Å². The molecule has 1 N–H and O–H groups in total. The topological polar surface area (TPSA) is 21.3 Å². The van der Waals surface area contributed by atoms with Crippen molar-refractivity contribution >= 4 is 28.6 Å². The summed E-state index contributed by atoms with van der Waals surface area (Å²) < 4.78 is 5.14. The molecule has 0 saturated carbocycles. The first-order valence-electron chi connectivity index (χ1n) is 4.90. The van der Waals surface area contributed by atoms with Crippen LogP contribution in [-0.4, -0.2) is 7.11 Å². The van der Waals surface area contributed by atoms with Gasteiger partial charge in [0, 0.05) is 22.1 Å². The lowest BCUT2D eigenvalue weighted by Crippen LogP contribution is -1.96. The highest BCUT2D eigenvalue weighted by molar-refractivity contribution is 7.13. The van der Waals surface area contributed by atoms with Crippen molar-refractivity contribution in [1.82, 2.24) is 0 Å². The van der Waals surface area contributed by atoms with Crippen LogP contribution >= 0.6 is 22.9 Å². The van der Waals surface area contributed by atoms with Gasteiger partial charge in [-0.1, -0.05) is 11.6 Å². The van der Waals surface area contributed by atoms with Crippen molar-refractivity contribution in [2.24, 2.45) is 0 Å². The Balaban J connectivity index is 1.94. The zero-order valence-corrected chi connectivity index (χ0v) is 10.4. The number of ether oxygens (including phenoxy) is 1. The Bertz CT molecular complexity index is 452. The molecule has 1 aromatic carbocycles. The summed E-state index contributed by atoms with van der Waals surface area (Å²) >= 11 is 7.45. The third kappa shape index (κ3) is 2.90. The molecule has 0 bridgehead atoms. The molecule has 0 spiro atoms. The van der Waals surface area contributed by atoms with E-state index in [0.29, 0.717) is 0 Å². The first kappa shape index (κ1) is 11.3. The van der Waals surface area contributed by atoms with Gasteiger partial charge in [0.15, 0.2) is 5.06 Å². The molecular weight excluding hydrogens is 242 g/mol. The molecule has 0 amide bonds. The Labute approximate surface area is 104 Å². The van der Waals surface area contributed by atoms with Crippen molar-refractivity contribution < 1.29 is 4.74 Å². The molecule has 1 heterocycles. The van der Waals surface area contributed by atoms with Crippen molar-refractivity contribution in [3.8, 4) is 5.06 Å². The van der Waals surface area contributed by atoms with Crippen LogP contribution in [0.15, 0.2) is 36.4 Å². The zero-order valence-electron chi connectivity index (χ0n) is 8.87. The van der Waals surface area contributed by atoms with E-state index >= 15 is 0 Å². The van der Waals surface area contributed by atoms with Crippen LogP contribution in [0.25, 0.3) is 0 Å². The highest BCUT2D eigenvalue weighted by Gasteiger charge is 1.99. The van der Waals surface area contributed by atoms with E-state index < -0.39 is 0 Å². The summed E-state index contributed by atoms with van der Waals surface area (Å²) in [6.07, 6.45) is 0. The number of methoxy groups -OCH3 is 1. The maximum atomic E-state index is 5.81. The fourth-order valence-electron chi connectivity index (χ4n) is 1.32. The van der Waals surface area contributed by atoms with Gasteiger partial charge in [0.2, 0.25) is 0 Å². The summed E-state index contributed by atoms with van der Waals surface area (Å²) in [4.78, 5) is 1.24. The van der Waals surface area contributed by atoms with Gasteiger partial charge in [-0.15, -0.1) is 11.3 Å². The zero-order chi connectivity index (χ0) is 11.4. The summed E-state index contributed by atoms with van der Waals surface area (Å²) in [5, 5.41) is 5.01. The Morgan fingerprint density at radius 1 is 1.19 bits per heavy atom. The number of benzene rings is 1. The number of nitrogens with one attached hydrogen (secondary N) is 1. The van der Waals surface area contributed by atoms with Gasteiger partial charge in [-0.3, -0.25) is 0 Å². The first-order valence-corrected chi connectivity index (χ1v) is 6.09. The average Bonchev–Trinajstić information content (AvgIpc) is 2.76. The number of hydrogen-bond donors (Lipinski definition) is 1. The number of halogens is 1. The molecule has 84 valence electrons. The van der Waals surface area contributed by atoms with Gasteiger partial charge >= 0.3 is 0 Å². The normalized spacial score (nSPS) is 10.1. The van der Waals surface area contributed by atoms with Crippen molar-refractivity contribution in [3.05, 3.63) is 46.3 Å². The lowest BCUT2D eigenvalue weighted by molar-refractivity contribution is 0.427. The number of hydrogen-bond acceptors (Lipinski definition) is 3. The SMILES string of the molecule is COc1ccc(CNc2ccc(Cl)cc2)s1. The smallest absolute Gasteiger partial charge is 0.173 e. The molecule has 16 heavy (non-hydrogen) atoms. The predicted octanol–water partition coefficient (Wildman–Crippen LogP) is 4.02. The van der Waals surface area contributed by atoms with Crippen LogP contribution in [0, 0.1) is 0 Å². The van der Waals surface area contributed by atoms with Crippen LogP contribution < -0.4 is 10.1 Å². The highest BCUT2D eigenvalue weighted by Crippen LogP contribution is 2.24. The second kappa shape index (κ2) is 5.23. The van der Waals surface area contributed by atoms with Crippen molar-refractivity contribution in [2.45, 2.75) is 6.54 Å². The summed E-state index contributed by atoms with van der Waals surface area (Å²) in [7, 11) is 1.68. The lowest BCUT2D eigenvalue weighted by atomic mass is 10.3. The summed E-state index contributed by atoms with van der Waals surface area (Å²) in [5.41, 5.74) is 1.07. The van der Waals surface area contributed by atoms with Crippen LogP contribution in [-0.2, 0) is 6.54 Å². The molecule has 1 aromatic heterocycles. The highest BCUT2D eigenvalue weighted by atomic mass is 35.5. The van der Waals surface area contributed by atoms with E-state index in [1.807, 2.05) is 30.3 Å². The fraction of sp³-hybridized carbons (Fsp3) is 0.167. The van der Waals surface area contributed by atoms with E-state index in [-0.39, 0.29) is 0 Å². The molecule has 4 heteroatoms. The first-order chi connectivity index (χ1) is 7.78. The number of anilines is 1. The molecule has 0 fully saturated rings. The molecular formula is C12H12ClNOS. The van der Waals surface area contributed by atoms with Gasteiger partial charge in [-0.2, -0.15) is 0 Å². The van der Waals surface area contributed by atoms with Gasteiger partial charge in [0.25, 0.3) is 0 Å². The van der Waals surface area contributed by atoms with Crippen molar-refractivity contribution in [2.75, 3.05) is 12.4 Å². The molecule has 0 radical (unpaired) electrons. The molecule has 0 aliphatic rings. The molecule has 0 aliphatic carbocycles. The maximum absolute atomic E-state index is 5.81. The number of thiophene rings is 1. The monoisotopic (exact) mass is 253 g/mol. The van der Waals surface area contributed by atoms with Crippen LogP contribution in [0.2, 0.25) is 5.02 Å². The summed E-state index contributed by atoms with van der Waals surface area (Å²) in [6.45, 7) is 0.801. The Morgan fingerprint density at radius 2 is 1.94 bits per heavy atom. The lowest BCUT2D eigenvalue weighted by Gasteiger charge is -2.04. The third-order valence-corrected chi connectivity index (χ3v) is 3.45. The molecule has 0 unspecified atom stereocenters. The Hall–Kier alpha value is -1.19. The van der Waals surface area contributed by atoms with E-state index in [1.54, 1.807) is 18.4 Å². The maximum Gasteiger partial charge on any atom is 0.173 e. The minimum Gasteiger partial charge on any atom is -0.487 e. The van der Waals surface area contributed by atoms with Gasteiger partial charge in [-0.05, 0) is 36.4 Å². The summed E-state index contributed by atoms with van der Waals surface area (Å²) in [5.74, 6) is 0. The Morgan fingerprint density at radius 3 is 2.56 bits per heavy atom. The second-order valence-electron chi connectivity index (χ2n) is 3.29. The standard InChI is InChI=1S/C12H12ClNOS/c1-15-12-7-6-11(16-12)8-14-10-4-2-9(13)3-5-10/h2-7,14H,8H2,1H3. The third-order valence-electron chi connectivity index (χ3n) is 2.15. The van der Waals surface area contributed by atoms with E-state index in [4.69, 9.17) is 16.3 Å². The van der Waals surface area contributed by atoms with E-state index in [1.165, 1.54) is 4.88 Å². The fourth-order valence-corrected chi connectivity index (χ4v) is 2.20. The summed E-state index contributed by atoms with van der Waals surface area (Å²) in [6, 6.07) is 11.7. The molecule has 2 nitrogen and oxygen atoms in total. The van der Waals surface area contributed by atoms with Crippen molar-refractivity contribution in [3.63, 3.8) is 0 Å². The predicted molar refractivity (Wildman–Crippen MR) is 69.6 cm³/mol. The Kier molecular flexibility index (Phi) is 3.70. The van der Waals surface area contributed by atoms with E-state index in [9.17, 15) is 0 Å².